The highest BCUT2D eigenvalue weighted by Crippen LogP contribution is 2.46. The lowest BCUT2D eigenvalue weighted by Gasteiger charge is -2.42. The van der Waals surface area contributed by atoms with E-state index in [4.69, 9.17) is 14.2 Å². The van der Waals surface area contributed by atoms with Crippen molar-refractivity contribution in [2.24, 2.45) is 22.7 Å². The number of methoxy groups -OCH3 is 1. The topological polar surface area (TPSA) is 27.7 Å². The van der Waals surface area contributed by atoms with Crippen molar-refractivity contribution in [1.82, 2.24) is 0 Å². The van der Waals surface area contributed by atoms with Gasteiger partial charge in [0, 0.05) is 37.0 Å². The highest BCUT2D eigenvalue weighted by molar-refractivity contribution is 14.1. The Kier molecular flexibility index (Phi) is 8.92. The van der Waals surface area contributed by atoms with Crippen LogP contribution in [0.25, 0.3) is 0 Å². The summed E-state index contributed by atoms with van der Waals surface area (Å²) in [5.41, 5.74) is 0.671. The molecule has 4 unspecified atom stereocenters. The Morgan fingerprint density at radius 2 is 1.67 bits per heavy atom. The van der Waals surface area contributed by atoms with Crippen LogP contribution in [-0.2, 0) is 14.2 Å². The average molecular weight is 494 g/mol. The molecule has 4 atom stereocenters. The first-order chi connectivity index (χ1) is 12.6. The van der Waals surface area contributed by atoms with Crippen molar-refractivity contribution in [2.45, 2.75) is 89.1 Å². The number of hydrogen-bond acceptors (Lipinski definition) is 3. The van der Waals surface area contributed by atoms with E-state index in [1.165, 1.54) is 32.1 Å². The predicted molar refractivity (Wildman–Crippen MR) is 122 cm³/mol. The fraction of sp³-hybridized carbons (Fsp3) is 1.00. The third kappa shape index (κ3) is 7.42. The molecule has 0 saturated carbocycles. The van der Waals surface area contributed by atoms with Gasteiger partial charge in [0.1, 0.15) is 0 Å². The van der Waals surface area contributed by atoms with Crippen molar-refractivity contribution in [1.29, 1.82) is 0 Å². The van der Waals surface area contributed by atoms with Crippen molar-refractivity contribution >= 4 is 22.6 Å². The molecule has 0 N–H and O–H groups in total. The molecule has 160 valence electrons. The van der Waals surface area contributed by atoms with Gasteiger partial charge in [-0.2, -0.15) is 0 Å². The van der Waals surface area contributed by atoms with Gasteiger partial charge in [-0.05, 0) is 67.6 Å². The van der Waals surface area contributed by atoms with Gasteiger partial charge in [-0.25, -0.2) is 0 Å². The minimum absolute atomic E-state index is 0.286. The molecule has 27 heavy (non-hydrogen) atoms. The predicted octanol–water partition coefficient (Wildman–Crippen LogP) is 6.27. The molecule has 0 bridgehead atoms. The summed E-state index contributed by atoms with van der Waals surface area (Å²) in [7, 11) is 1.80. The van der Waals surface area contributed by atoms with Crippen LogP contribution >= 0.6 is 22.6 Å². The van der Waals surface area contributed by atoms with Crippen molar-refractivity contribution < 1.29 is 14.2 Å². The lowest BCUT2D eigenvalue weighted by atomic mass is 9.71. The van der Waals surface area contributed by atoms with Crippen LogP contribution < -0.4 is 0 Å². The highest BCUT2D eigenvalue weighted by atomic mass is 127. The Morgan fingerprint density at radius 1 is 0.963 bits per heavy atom. The van der Waals surface area contributed by atoms with Crippen LogP contribution in [0, 0.1) is 22.7 Å². The van der Waals surface area contributed by atoms with Crippen LogP contribution in [0.4, 0.5) is 0 Å². The van der Waals surface area contributed by atoms with Gasteiger partial charge >= 0.3 is 0 Å². The van der Waals surface area contributed by atoms with E-state index < -0.39 is 0 Å². The zero-order valence-corrected chi connectivity index (χ0v) is 20.8. The van der Waals surface area contributed by atoms with Gasteiger partial charge < -0.3 is 14.2 Å². The smallest absolute Gasteiger partial charge is 0.0583 e. The van der Waals surface area contributed by atoms with Gasteiger partial charge in [-0.15, -0.1) is 0 Å². The Hall–Kier alpha value is 0.610. The molecule has 0 spiro atoms. The molecule has 2 heterocycles. The maximum absolute atomic E-state index is 6.19. The molecule has 4 heteroatoms. The molecular weight excluding hydrogens is 451 g/mol. The first-order valence-electron chi connectivity index (χ1n) is 10.9. The molecule has 0 aromatic rings. The Bertz CT molecular complexity index is 441. The van der Waals surface area contributed by atoms with E-state index in [2.05, 4.69) is 57.2 Å². The average Bonchev–Trinajstić information content (AvgIpc) is 3.14. The van der Waals surface area contributed by atoms with E-state index in [-0.39, 0.29) is 5.41 Å². The maximum atomic E-state index is 6.19. The second-order valence-electron chi connectivity index (χ2n) is 10.7. The number of halogens is 1. The maximum Gasteiger partial charge on any atom is 0.0583 e. The Labute approximate surface area is 181 Å². The molecule has 0 aromatic carbocycles. The molecule has 0 aromatic heterocycles. The molecule has 0 radical (unpaired) electrons. The standard InChI is InChI=1S/C23H43IO3/c1-21(2,11-14-25-6)16-20-15-18(8-13-27-20)23(5,24)10-9-22(3,4)19-7-12-26-17-19/h18-20H,7-17H2,1-6H3. The molecule has 2 aliphatic rings. The summed E-state index contributed by atoms with van der Waals surface area (Å²) in [5, 5.41) is 0. The summed E-state index contributed by atoms with van der Waals surface area (Å²) < 4.78 is 17.5. The van der Waals surface area contributed by atoms with E-state index in [1.807, 2.05) is 0 Å². The number of ether oxygens (including phenoxy) is 3. The third-order valence-corrected chi connectivity index (χ3v) is 8.69. The van der Waals surface area contributed by atoms with E-state index in [9.17, 15) is 0 Å². The zero-order valence-electron chi connectivity index (χ0n) is 18.6. The second kappa shape index (κ2) is 10.1. The third-order valence-electron chi connectivity index (χ3n) is 7.27. The second-order valence-corrected chi connectivity index (χ2v) is 13.1. The Morgan fingerprint density at radius 3 is 2.30 bits per heavy atom. The molecular formula is C23H43IO3. The summed E-state index contributed by atoms with van der Waals surface area (Å²) in [5.74, 6) is 1.49. The van der Waals surface area contributed by atoms with Crippen LogP contribution in [0.3, 0.4) is 0 Å². The molecule has 2 rings (SSSR count). The van der Waals surface area contributed by atoms with Crippen molar-refractivity contribution in [2.75, 3.05) is 33.5 Å². The highest BCUT2D eigenvalue weighted by Gasteiger charge is 2.40. The quantitative estimate of drug-likeness (QED) is 0.265. The molecule has 0 aliphatic carbocycles. The molecule has 2 aliphatic heterocycles. The summed E-state index contributed by atoms with van der Waals surface area (Å²) in [4.78, 5) is 0. The van der Waals surface area contributed by atoms with Crippen LogP contribution in [0.15, 0.2) is 0 Å². The van der Waals surface area contributed by atoms with Gasteiger partial charge in [0.25, 0.3) is 0 Å². The lowest BCUT2D eigenvalue weighted by Crippen LogP contribution is -2.39. The van der Waals surface area contributed by atoms with Gasteiger partial charge in [0.15, 0.2) is 0 Å². The van der Waals surface area contributed by atoms with Gasteiger partial charge in [-0.1, -0.05) is 57.2 Å². The molecule has 3 nitrogen and oxygen atoms in total. The fourth-order valence-corrected chi connectivity index (χ4v) is 5.63. The zero-order chi connectivity index (χ0) is 20.1. The number of alkyl halides is 1. The lowest BCUT2D eigenvalue weighted by molar-refractivity contribution is -0.0407. The van der Waals surface area contributed by atoms with E-state index in [0.29, 0.717) is 14.9 Å². The van der Waals surface area contributed by atoms with Crippen LogP contribution in [0.1, 0.15) is 79.6 Å². The van der Waals surface area contributed by atoms with Gasteiger partial charge in [-0.3, -0.25) is 0 Å². The number of rotatable bonds is 10. The molecule has 0 amide bonds. The van der Waals surface area contributed by atoms with Crippen molar-refractivity contribution in [3.8, 4) is 0 Å². The summed E-state index contributed by atoms with van der Waals surface area (Å²) in [6, 6.07) is 0. The Balaban J connectivity index is 1.87. The van der Waals surface area contributed by atoms with E-state index in [1.54, 1.807) is 7.11 Å². The minimum atomic E-state index is 0.286. The fourth-order valence-electron chi connectivity index (χ4n) is 4.79. The normalized spacial score (nSPS) is 29.7. The largest absolute Gasteiger partial charge is 0.385 e. The summed E-state index contributed by atoms with van der Waals surface area (Å²) in [6.45, 7) is 15.8. The molecule has 2 fully saturated rings. The minimum Gasteiger partial charge on any atom is -0.385 e. The van der Waals surface area contributed by atoms with Crippen molar-refractivity contribution in [3.05, 3.63) is 0 Å². The van der Waals surface area contributed by atoms with Crippen LogP contribution in [0.2, 0.25) is 0 Å². The molecule has 2 saturated heterocycles. The first kappa shape index (κ1) is 23.9. The number of hydrogen-bond donors (Lipinski definition) is 0. The summed E-state index contributed by atoms with van der Waals surface area (Å²) in [6.07, 6.45) is 8.90. The van der Waals surface area contributed by atoms with Crippen LogP contribution in [-0.4, -0.2) is 43.1 Å². The van der Waals surface area contributed by atoms with Crippen LogP contribution in [0.5, 0.6) is 0 Å². The first-order valence-corrected chi connectivity index (χ1v) is 12.0. The van der Waals surface area contributed by atoms with Gasteiger partial charge in [0.2, 0.25) is 0 Å². The van der Waals surface area contributed by atoms with E-state index in [0.717, 1.165) is 51.1 Å². The van der Waals surface area contributed by atoms with Gasteiger partial charge in [0.05, 0.1) is 6.10 Å². The SMILES string of the molecule is COCCC(C)(C)CC1CC(C(C)(I)CCC(C)(C)C2CCOC2)CCO1. The monoisotopic (exact) mass is 494 g/mol. The van der Waals surface area contributed by atoms with E-state index >= 15 is 0 Å². The van der Waals surface area contributed by atoms with Crippen molar-refractivity contribution in [3.63, 3.8) is 0 Å². The summed E-state index contributed by atoms with van der Waals surface area (Å²) >= 11 is 2.76.